The molecule has 0 amide bonds. The minimum Gasteiger partial charge on any atom is -0.422 e. The van der Waals surface area contributed by atoms with E-state index in [4.69, 9.17) is 9.83 Å². The van der Waals surface area contributed by atoms with Crippen molar-refractivity contribution in [1.29, 1.82) is 5.41 Å². The quantitative estimate of drug-likeness (QED) is 0.549. The van der Waals surface area contributed by atoms with Crippen LogP contribution in [0.2, 0.25) is 0 Å². The highest BCUT2D eigenvalue weighted by molar-refractivity contribution is 5.98. The van der Waals surface area contributed by atoms with Crippen LogP contribution in [0.15, 0.2) is 39.5 Å². The molecule has 0 aliphatic rings. The van der Waals surface area contributed by atoms with Crippen molar-refractivity contribution in [3.05, 3.63) is 46.3 Å². The van der Waals surface area contributed by atoms with E-state index in [9.17, 15) is 4.79 Å². The summed E-state index contributed by atoms with van der Waals surface area (Å²) in [6.45, 7) is 1.57. The fourth-order valence-electron chi connectivity index (χ4n) is 1.32. The Hall–Kier alpha value is -1.90. The summed E-state index contributed by atoms with van der Waals surface area (Å²) in [6.07, 6.45) is 0. The lowest BCUT2D eigenvalue weighted by atomic mass is 10.1. The van der Waals surface area contributed by atoms with Crippen LogP contribution in [0.1, 0.15) is 12.5 Å². The van der Waals surface area contributed by atoms with E-state index in [2.05, 4.69) is 0 Å². The summed E-state index contributed by atoms with van der Waals surface area (Å²) in [5.41, 5.74) is 0.659. The van der Waals surface area contributed by atoms with E-state index in [0.717, 1.165) is 5.39 Å². The maximum Gasteiger partial charge on any atom is 0.345 e. The van der Waals surface area contributed by atoms with Crippen LogP contribution in [0.25, 0.3) is 11.0 Å². The highest BCUT2D eigenvalue weighted by Gasteiger charge is 2.05. The third kappa shape index (κ3) is 1.33. The Labute approximate surface area is 80.5 Å². The minimum atomic E-state index is -0.448. The summed E-state index contributed by atoms with van der Waals surface area (Å²) < 4.78 is 5.06. The highest BCUT2D eigenvalue weighted by Crippen LogP contribution is 2.12. The first kappa shape index (κ1) is 8.69. The van der Waals surface area contributed by atoms with E-state index in [1.165, 1.54) is 0 Å². The van der Waals surface area contributed by atoms with Gasteiger partial charge in [-0.15, -0.1) is 0 Å². The molecule has 0 saturated heterocycles. The number of fused-ring (bicyclic) bond motifs is 1. The fourth-order valence-corrected chi connectivity index (χ4v) is 1.32. The van der Waals surface area contributed by atoms with Crippen LogP contribution >= 0.6 is 0 Å². The Morgan fingerprint density at radius 1 is 1.36 bits per heavy atom. The minimum absolute atomic E-state index is 0.226. The van der Waals surface area contributed by atoms with Gasteiger partial charge in [-0.3, -0.25) is 0 Å². The molecule has 3 heteroatoms. The van der Waals surface area contributed by atoms with Crippen molar-refractivity contribution in [2.45, 2.75) is 6.92 Å². The molecule has 1 heterocycles. The van der Waals surface area contributed by atoms with Gasteiger partial charge in [-0.1, -0.05) is 18.2 Å². The Balaban J connectivity index is 2.84. The largest absolute Gasteiger partial charge is 0.422 e. The van der Waals surface area contributed by atoms with Gasteiger partial charge in [0.1, 0.15) is 5.58 Å². The zero-order chi connectivity index (χ0) is 10.1. The molecule has 1 aromatic carbocycles. The third-order valence-corrected chi connectivity index (χ3v) is 2.05. The van der Waals surface area contributed by atoms with Gasteiger partial charge in [-0.05, 0) is 19.1 Å². The Bertz CT molecular complexity index is 554. The number of nitrogens with one attached hydrogen (secondary N) is 1. The zero-order valence-corrected chi connectivity index (χ0v) is 7.70. The molecule has 0 aliphatic carbocycles. The summed E-state index contributed by atoms with van der Waals surface area (Å²) in [7, 11) is 0. The van der Waals surface area contributed by atoms with Crippen LogP contribution in [0.3, 0.4) is 0 Å². The second-order valence-electron chi connectivity index (χ2n) is 3.11. The van der Waals surface area contributed by atoms with Crippen molar-refractivity contribution < 1.29 is 4.42 Å². The third-order valence-electron chi connectivity index (χ3n) is 2.05. The van der Waals surface area contributed by atoms with Crippen LogP contribution in [-0.4, -0.2) is 5.71 Å². The van der Waals surface area contributed by atoms with E-state index in [0.29, 0.717) is 11.1 Å². The molecule has 3 nitrogen and oxygen atoms in total. The molecular weight excluding hydrogens is 178 g/mol. The van der Waals surface area contributed by atoms with E-state index >= 15 is 0 Å². The van der Waals surface area contributed by atoms with Gasteiger partial charge in [0.15, 0.2) is 0 Å². The van der Waals surface area contributed by atoms with Crippen LogP contribution in [0.5, 0.6) is 0 Å². The molecule has 1 N–H and O–H groups in total. The number of hydrogen-bond donors (Lipinski definition) is 1. The molecule has 2 aromatic rings. The molecular formula is C11H9NO2. The number of hydrogen-bond acceptors (Lipinski definition) is 3. The first-order valence-corrected chi connectivity index (χ1v) is 4.27. The van der Waals surface area contributed by atoms with E-state index < -0.39 is 5.63 Å². The van der Waals surface area contributed by atoms with Gasteiger partial charge in [-0.25, -0.2) is 4.79 Å². The van der Waals surface area contributed by atoms with Crippen LogP contribution in [-0.2, 0) is 0 Å². The predicted octanol–water partition coefficient (Wildman–Crippen LogP) is 2.18. The average molecular weight is 187 g/mol. The molecule has 0 unspecified atom stereocenters. The lowest BCUT2D eigenvalue weighted by Gasteiger charge is -1.98. The summed E-state index contributed by atoms with van der Waals surface area (Å²) in [5.74, 6) is 0. The second-order valence-corrected chi connectivity index (χ2v) is 3.11. The van der Waals surface area contributed by atoms with E-state index in [-0.39, 0.29) is 5.71 Å². The number of rotatable bonds is 1. The smallest absolute Gasteiger partial charge is 0.345 e. The standard InChI is InChI=1S/C11H9NO2/c1-7(12)9-6-8-4-2-3-5-10(8)14-11(9)13/h2-6,12H,1H3. The van der Waals surface area contributed by atoms with Crippen molar-refractivity contribution in [3.8, 4) is 0 Å². The number of benzene rings is 1. The Kier molecular flexibility index (Phi) is 1.93. The fraction of sp³-hybridized carbons (Fsp3) is 0.0909. The molecule has 0 atom stereocenters. The molecule has 0 spiro atoms. The maximum atomic E-state index is 11.4. The van der Waals surface area contributed by atoms with Gasteiger partial charge in [0.25, 0.3) is 0 Å². The molecule has 0 radical (unpaired) electrons. The highest BCUT2D eigenvalue weighted by atomic mass is 16.4. The van der Waals surface area contributed by atoms with Crippen molar-refractivity contribution in [3.63, 3.8) is 0 Å². The SMILES string of the molecule is CC(=N)c1cc2ccccc2oc1=O. The maximum absolute atomic E-state index is 11.4. The van der Waals surface area contributed by atoms with E-state index in [1.54, 1.807) is 19.1 Å². The number of para-hydroxylation sites is 1. The van der Waals surface area contributed by atoms with Crippen molar-refractivity contribution >= 4 is 16.7 Å². The zero-order valence-electron chi connectivity index (χ0n) is 7.70. The summed E-state index contributed by atoms with van der Waals surface area (Å²) in [5, 5.41) is 8.23. The molecule has 1 aromatic heterocycles. The summed E-state index contributed by atoms with van der Waals surface area (Å²) >= 11 is 0. The van der Waals surface area contributed by atoms with Gasteiger partial charge >= 0.3 is 5.63 Å². The lowest BCUT2D eigenvalue weighted by Crippen LogP contribution is -2.10. The molecule has 0 bridgehead atoms. The molecule has 14 heavy (non-hydrogen) atoms. The topological polar surface area (TPSA) is 54.1 Å². The molecule has 0 saturated carbocycles. The van der Waals surface area contributed by atoms with Gasteiger partial charge in [-0.2, -0.15) is 0 Å². The first-order chi connectivity index (χ1) is 6.68. The monoisotopic (exact) mass is 187 g/mol. The molecule has 2 rings (SSSR count). The summed E-state index contributed by atoms with van der Waals surface area (Å²) in [6, 6.07) is 8.95. The van der Waals surface area contributed by atoms with Gasteiger partial charge in [0.05, 0.1) is 5.56 Å². The van der Waals surface area contributed by atoms with Crippen molar-refractivity contribution in [1.82, 2.24) is 0 Å². The van der Waals surface area contributed by atoms with Crippen LogP contribution in [0.4, 0.5) is 0 Å². The van der Waals surface area contributed by atoms with E-state index in [1.807, 2.05) is 18.2 Å². The Morgan fingerprint density at radius 3 is 2.79 bits per heavy atom. The van der Waals surface area contributed by atoms with Crippen molar-refractivity contribution in [2.75, 3.05) is 0 Å². The summed E-state index contributed by atoms with van der Waals surface area (Å²) in [4.78, 5) is 11.4. The first-order valence-electron chi connectivity index (χ1n) is 4.27. The average Bonchev–Trinajstić information content (AvgIpc) is 2.16. The predicted molar refractivity (Wildman–Crippen MR) is 55.0 cm³/mol. The van der Waals surface area contributed by atoms with Crippen LogP contribution in [0, 0.1) is 5.41 Å². The molecule has 0 aliphatic heterocycles. The van der Waals surface area contributed by atoms with Crippen LogP contribution < -0.4 is 5.63 Å². The molecule has 70 valence electrons. The normalized spacial score (nSPS) is 10.4. The second kappa shape index (κ2) is 3.10. The van der Waals surface area contributed by atoms with Gasteiger partial charge in [0, 0.05) is 11.1 Å². The molecule has 0 fully saturated rings. The lowest BCUT2D eigenvalue weighted by molar-refractivity contribution is 0.559. The van der Waals surface area contributed by atoms with Gasteiger partial charge < -0.3 is 9.83 Å². The van der Waals surface area contributed by atoms with Gasteiger partial charge in [0.2, 0.25) is 0 Å². The van der Waals surface area contributed by atoms with Crippen molar-refractivity contribution in [2.24, 2.45) is 0 Å². The Morgan fingerprint density at radius 2 is 2.07 bits per heavy atom.